The van der Waals surface area contributed by atoms with Crippen LogP contribution in [-0.2, 0) is 15.0 Å². The number of rotatable bonds is 1. The van der Waals surface area contributed by atoms with E-state index in [2.05, 4.69) is 59.1 Å². The summed E-state index contributed by atoms with van der Waals surface area (Å²) in [7, 11) is 0. The fourth-order valence-corrected chi connectivity index (χ4v) is 5.18. The number of nitrogens with zero attached hydrogens (tertiary/aromatic N) is 2. The number of carbonyl (C=O) groups excluding carboxylic acids is 2. The van der Waals surface area contributed by atoms with E-state index in [4.69, 9.17) is 4.42 Å². The van der Waals surface area contributed by atoms with Crippen molar-refractivity contribution in [2.75, 3.05) is 0 Å². The molecule has 1 N–H and O–H groups in total. The monoisotopic (exact) mass is 524 g/mol. The molecule has 4 aromatic rings. The molecule has 0 atom stereocenters. The summed E-state index contributed by atoms with van der Waals surface area (Å²) in [4.78, 5) is 28.5. The minimum absolute atomic E-state index is 0.0312. The van der Waals surface area contributed by atoms with Gasteiger partial charge >= 0.3 is 185 Å². The first-order valence-electron chi connectivity index (χ1n) is 9.86. The predicted molar refractivity (Wildman–Crippen MR) is 119 cm³/mol. The third-order valence-electron chi connectivity index (χ3n) is 6.16. The number of nitrogens with one attached hydrogen (secondary N) is 1. The summed E-state index contributed by atoms with van der Waals surface area (Å²) in [6, 6.07) is 16.6. The molecule has 2 aromatic carbocycles. The summed E-state index contributed by atoms with van der Waals surface area (Å²) >= 11 is 1.51. The van der Waals surface area contributed by atoms with Gasteiger partial charge in [0.15, 0.2) is 0 Å². The number of amides is 2. The van der Waals surface area contributed by atoms with Crippen molar-refractivity contribution in [3.63, 3.8) is 0 Å². The Morgan fingerprint density at radius 1 is 1.06 bits per heavy atom. The van der Waals surface area contributed by atoms with Crippen LogP contribution in [0, 0.1) is 0 Å². The fourth-order valence-electron chi connectivity index (χ4n) is 4.68. The van der Waals surface area contributed by atoms with E-state index in [1.54, 1.807) is 0 Å². The molecular formula is C24H16N3O3Te. The Kier molecular flexibility index (Phi) is 3.72. The van der Waals surface area contributed by atoms with Gasteiger partial charge in [-0.3, -0.25) is 0 Å². The number of aromatic nitrogens is 1. The molecule has 0 spiro atoms. The SMILES string of the molecule is CC1(C)c2cc(/C=C3/C(=O)N=C([Te])NC3=O)oc2-n2c3ccccc3c3cccc1c32. The molecule has 6 rings (SSSR count). The molecule has 0 aliphatic carbocycles. The van der Waals surface area contributed by atoms with E-state index in [-0.39, 0.29) is 11.0 Å². The van der Waals surface area contributed by atoms with Crippen LogP contribution in [0.5, 0.6) is 0 Å². The van der Waals surface area contributed by atoms with E-state index in [9.17, 15) is 9.59 Å². The second-order valence-electron chi connectivity index (χ2n) is 8.28. The zero-order valence-corrected chi connectivity index (χ0v) is 19.1. The third-order valence-corrected chi connectivity index (χ3v) is 6.71. The molecule has 0 saturated heterocycles. The summed E-state index contributed by atoms with van der Waals surface area (Å²) in [5, 5.41) is 4.92. The summed E-state index contributed by atoms with van der Waals surface area (Å²) in [5.41, 5.74) is 4.05. The van der Waals surface area contributed by atoms with Crippen LogP contribution >= 0.6 is 0 Å². The number of amidine groups is 1. The minimum atomic E-state index is -0.560. The molecule has 2 aliphatic rings. The van der Waals surface area contributed by atoms with Gasteiger partial charge in [-0.15, -0.1) is 0 Å². The fraction of sp³-hybridized carbons (Fsp3) is 0.125. The predicted octanol–water partition coefficient (Wildman–Crippen LogP) is 3.58. The molecule has 2 amide bonds. The van der Waals surface area contributed by atoms with Crippen LogP contribution in [-0.4, -0.2) is 42.6 Å². The number of hydrogen-bond donors (Lipinski definition) is 1. The Bertz CT molecular complexity index is 1530. The Hall–Kier alpha value is -3.14. The van der Waals surface area contributed by atoms with Gasteiger partial charge in [-0.1, -0.05) is 6.07 Å². The van der Waals surface area contributed by atoms with Crippen LogP contribution in [0.4, 0.5) is 0 Å². The van der Waals surface area contributed by atoms with Crippen LogP contribution in [0.25, 0.3) is 33.8 Å². The molecule has 4 heterocycles. The number of para-hydroxylation sites is 2. The van der Waals surface area contributed by atoms with E-state index in [1.165, 1.54) is 39.3 Å². The zero-order valence-electron chi connectivity index (χ0n) is 16.7. The van der Waals surface area contributed by atoms with Crippen molar-refractivity contribution in [3.05, 3.63) is 71.0 Å². The molecule has 31 heavy (non-hydrogen) atoms. The summed E-state index contributed by atoms with van der Waals surface area (Å²) in [6.07, 6.45) is 1.48. The van der Waals surface area contributed by atoms with Gasteiger partial charge in [0.05, 0.1) is 0 Å². The molecule has 0 saturated carbocycles. The third kappa shape index (κ3) is 2.48. The van der Waals surface area contributed by atoms with Crippen LogP contribution in [0.15, 0.2) is 63.5 Å². The van der Waals surface area contributed by atoms with Crippen molar-refractivity contribution in [2.45, 2.75) is 19.3 Å². The van der Waals surface area contributed by atoms with Gasteiger partial charge < -0.3 is 0 Å². The molecule has 2 aliphatic heterocycles. The first-order valence-corrected chi connectivity index (χ1v) is 11.0. The first kappa shape index (κ1) is 18.6. The second kappa shape index (κ2) is 6.19. The Labute approximate surface area is 190 Å². The van der Waals surface area contributed by atoms with E-state index in [1.807, 2.05) is 18.2 Å². The summed E-state index contributed by atoms with van der Waals surface area (Å²) in [6.45, 7) is 4.33. The van der Waals surface area contributed by atoms with Crippen molar-refractivity contribution in [3.8, 4) is 5.88 Å². The van der Waals surface area contributed by atoms with Gasteiger partial charge in [0.2, 0.25) is 0 Å². The average Bonchev–Trinajstić information content (AvgIpc) is 3.29. The van der Waals surface area contributed by atoms with Crippen molar-refractivity contribution >= 4 is 65.9 Å². The molecular weight excluding hydrogens is 506 g/mol. The number of aliphatic imine (C=N–C) groups is 1. The molecule has 151 valence electrons. The number of fused-ring (bicyclic) bond motifs is 5. The molecule has 7 heteroatoms. The molecule has 1 radical (unpaired) electrons. The first-order chi connectivity index (χ1) is 14.9. The maximum absolute atomic E-state index is 12.3. The van der Waals surface area contributed by atoms with Crippen LogP contribution in [0.1, 0.15) is 30.7 Å². The topological polar surface area (TPSA) is 76.6 Å². The molecule has 0 fully saturated rings. The van der Waals surface area contributed by atoms with Crippen LogP contribution in [0.2, 0.25) is 0 Å². The Morgan fingerprint density at radius 2 is 1.84 bits per heavy atom. The van der Waals surface area contributed by atoms with Gasteiger partial charge in [-0.2, -0.15) is 0 Å². The van der Waals surface area contributed by atoms with Gasteiger partial charge in [0, 0.05) is 0 Å². The van der Waals surface area contributed by atoms with E-state index < -0.39 is 11.8 Å². The quantitative estimate of drug-likeness (QED) is 0.236. The number of furan rings is 1. The van der Waals surface area contributed by atoms with Crippen molar-refractivity contribution in [1.82, 2.24) is 9.88 Å². The Morgan fingerprint density at radius 3 is 2.65 bits per heavy atom. The number of benzene rings is 2. The molecule has 0 unspecified atom stereocenters. The van der Waals surface area contributed by atoms with E-state index >= 15 is 0 Å². The Balaban J connectivity index is 1.65. The molecule has 6 nitrogen and oxygen atoms in total. The second-order valence-corrected chi connectivity index (χ2v) is 9.38. The summed E-state index contributed by atoms with van der Waals surface area (Å²) in [5.74, 6) is 0.136. The normalized spacial score (nSPS) is 18.4. The maximum atomic E-state index is 12.3. The van der Waals surface area contributed by atoms with Gasteiger partial charge in [-0.25, -0.2) is 0 Å². The van der Waals surface area contributed by atoms with E-state index in [0.29, 0.717) is 15.5 Å². The number of hydrogen-bond acceptors (Lipinski definition) is 3. The van der Waals surface area contributed by atoms with Crippen LogP contribution in [0.3, 0.4) is 0 Å². The van der Waals surface area contributed by atoms with Gasteiger partial charge in [-0.05, 0) is 0 Å². The number of carbonyl (C=O) groups is 2. The van der Waals surface area contributed by atoms with Gasteiger partial charge in [0.1, 0.15) is 0 Å². The zero-order chi connectivity index (χ0) is 21.5. The van der Waals surface area contributed by atoms with Crippen molar-refractivity contribution in [1.29, 1.82) is 0 Å². The van der Waals surface area contributed by atoms with Crippen molar-refractivity contribution < 1.29 is 14.0 Å². The molecule has 2 aromatic heterocycles. The average molecular weight is 522 g/mol. The standard InChI is InChI=1S/C24H16N3O3Te/c1-24(2)16-8-5-7-14-13-6-3-4-9-18(13)27(19(14)16)22-17(24)11-12(30-22)10-15-20(28)25-23(31)26-21(15)29/h3-11H,1-2H3,(H,25,26,28,29). The van der Waals surface area contributed by atoms with Crippen LogP contribution < -0.4 is 5.32 Å². The molecule has 0 bridgehead atoms. The van der Waals surface area contributed by atoms with Crippen molar-refractivity contribution in [2.24, 2.45) is 4.99 Å². The summed E-state index contributed by atoms with van der Waals surface area (Å²) < 4.78 is 8.74. The van der Waals surface area contributed by atoms with Gasteiger partial charge in [0.25, 0.3) is 0 Å². The van der Waals surface area contributed by atoms with E-state index in [0.717, 1.165) is 22.0 Å².